The lowest BCUT2D eigenvalue weighted by Gasteiger charge is -2.24. The third-order valence-electron chi connectivity index (χ3n) is 6.85. The van der Waals surface area contributed by atoms with E-state index in [0.717, 1.165) is 53.2 Å². The molecule has 0 saturated carbocycles. The van der Waals surface area contributed by atoms with Crippen molar-refractivity contribution in [1.29, 1.82) is 0 Å². The molecule has 4 aromatic rings. The number of ether oxygens (including phenoxy) is 1. The van der Waals surface area contributed by atoms with Crippen LogP contribution in [0, 0.1) is 6.92 Å². The summed E-state index contributed by atoms with van der Waals surface area (Å²) in [6.07, 6.45) is 2.69. The maximum Gasteiger partial charge on any atom is 0.254 e. The zero-order valence-electron chi connectivity index (χ0n) is 21.4. The third kappa shape index (κ3) is 4.65. The summed E-state index contributed by atoms with van der Waals surface area (Å²) in [6.45, 7) is 9.29. The molecule has 1 saturated heterocycles. The van der Waals surface area contributed by atoms with E-state index < -0.39 is 0 Å². The van der Waals surface area contributed by atoms with E-state index in [0.29, 0.717) is 18.7 Å². The van der Waals surface area contributed by atoms with Gasteiger partial charge in [-0.2, -0.15) is 5.10 Å². The zero-order valence-corrected chi connectivity index (χ0v) is 21.4. The molecule has 7 heteroatoms. The van der Waals surface area contributed by atoms with Crippen molar-refractivity contribution < 1.29 is 9.53 Å². The number of carbonyl (C=O) groups excluding carboxylic acids is 1. The number of amides is 1. The van der Waals surface area contributed by atoms with Crippen LogP contribution in [0.1, 0.15) is 42.2 Å². The highest BCUT2D eigenvalue weighted by Gasteiger charge is 2.25. The van der Waals surface area contributed by atoms with Crippen LogP contribution in [-0.2, 0) is 0 Å². The Morgan fingerprint density at radius 1 is 0.972 bits per heavy atom. The van der Waals surface area contributed by atoms with E-state index in [1.54, 1.807) is 13.3 Å². The lowest BCUT2D eigenvalue weighted by Crippen LogP contribution is -2.35. The fraction of sp³-hybridized carbons (Fsp3) is 0.345. The number of methoxy groups -OCH3 is 1. The fourth-order valence-electron chi connectivity index (χ4n) is 4.79. The van der Waals surface area contributed by atoms with Crippen molar-refractivity contribution in [1.82, 2.24) is 19.7 Å². The molecule has 5 rings (SSSR count). The first kappa shape index (κ1) is 23.9. The number of pyridine rings is 1. The number of hydrogen-bond acceptors (Lipinski definition) is 5. The van der Waals surface area contributed by atoms with Crippen LogP contribution in [0.5, 0.6) is 5.75 Å². The molecule has 7 nitrogen and oxygen atoms in total. The Kier molecular flexibility index (Phi) is 6.63. The van der Waals surface area contributed by atoms with Crippen LogP contribution < -0.4 is 9.64 Å². The summed E-state index contributed by atoms with van der Waals surface area (Å²) in [5.41, 5.74) is 5.55. The number of hydrogen-bond donors (Lipinski definition) is 0. The van der Waals surface area contributed by atoms with Crippen LogP contribution in [0.4, 0.5) is 5.69 Å². The number of aromatic nitrogens is 3. The van der Waals surface area contributed by atoms with Gasteiger partial charge in [0.1, 0.15) is 5.75 Å². The van der Waals surface area contributed by atoms with Crippen LogP contribution in [0.15, 0.2) is 60.8 Å². The zero-order chi connectivity index (χ0) is 25.2. The average Bonchev–Trinajstić information content (AvgIpc) is 3.18. The van der Waals surface area contributed by atoms with E-state index in [9.17, 15) is 4.79 Å². The Bertz CT molecular complexity index is 1360. The third-order valence-corrected chi connectivity index (χ3v) is 6.85. The molecule has 0 radical (unpaired) electrons. The molecular formula is C29H33N5O2. The summed E-state index contributed by atoms with van der Waals surface area (Å²) in [4.78, 5) is 23.2. The first-order valence-electron chi connectivity index (χ1n) is 12.6. The Balaban J connectivity index is 1.46. The predicted octanol–water partition coefficient (Wildman–Crippen LogP) is 5.35. The van der Waals surface area contributed by atoms with Crippen LogP contribution in [0.2, 0.25) is 0 Å². The molecule has 0 N–H and O–H groups in total. The summed E-state index contributed by atoms with van der Waals surface area (Å²) in [5.74, 6) is 0.883. The molecule has 2 aromatic carbocycles. The van der Waals surface area contributed by atoms with Gasteiger partial charge in [0.15, 0.2) is 5.65 Å². The maximum atomic E-state index is 13.9. The van der Waals surface area contributed by atoms with Gasteiger partial charge >= 0.3 is 0 Å². The lowest BCUT2D eigenvalue weighted by atomic mass is 10.0. The number of nitrogens with zero attached hydrogens (tertiary/aromatic N) is 5. The van der Waals surface area contributed by atoms with E-state index in [1.807, 2.05) is 27.8 Å². The molecule has 1 amide bonds. The molecule has 0 unspecified atom stereocenters. The molecule has 1 aliphatic heterocycles. The minimum atomic E-state index is 0.0376. The Morgan fingerprint density at radius 2 is 1.72 bits per heavy atom. The molecule has 36 heavy (non-hydrogen) atoms. The molecule has 3 heterocycles. The number of carbonyl (C=O) groups is 1. The molecule has 0 atom stereocenters. The maximum absolute atomic E-state index is 13.9. The quantitative estimate of drug-likeness (QED) is 0.383. The van der Waals surface area contributed by atoms with Gasteiger partial charge in [-0.25, -0.2) is 9.67 Å². The highest BCUT2D eigenvalue weighted by Crippen LogP contribution is 2.28. The SMILES string of the molecule is COc1ccc(N2CCCN(C(=O)c3cc(-c4ccc(C)cc4)nc4c3cnn4C(C)C)CC2)cc1. The van der Waals surface area contributed by atoms with Crippen molar-refractivity contribution in [3.05, 3.63) is 71.9 Å². The van der Waals surface area contributed by atoms with E-state index in [-0.39, 0.29) is 11.9 Å². The summed E-state index contributed by atoms with van der Waals surface area (Å²) in [6, 6.07) is 18.5. The lowest BCUT2D eigenvalue weighted by molar-refractivity contribution is 0.0769. The van der Waals surface area contributed by atoms with Crippen LogP contribution in [0.25, 0.3) is 22.3 Å². The first-order chi connectivity index (χ1) is 17.4. The van der Waals surface area contributed by atoms with Gasteiger partial charge in [0.05, 0.1) is 30.0 Å². The summed E-state index contributed by atoms with van der Waals surface area (Å²) in [5, 5.41) is 5.39. The fourth-order valence-corrected chi connectivity index (χ4v) is 4.79. The highest BCUT2D eigenvalue weighted by atomic mass is 16.5. The Hall–Kier alpha value is -3.87. The van der Waals surface area contributed by atoms with Crippen molar-refractivity contribution in [2.45, 2.75) is 33.2 Å². The molecule has 2 aromatic heterocycles. The van der Waals surface area contributed by atoms with Crippen molar-refractivity contribution in [2.24, 2.45) is 0 Å². The minimum absolute atomic E-state index is 0.0376. The van der Waals surface area contributed by atoms with Crippen molar-refractivity contribution in [2.75, 3.05) is 38.2 Å². The predicted molar refractivity (Wildman–Crippen MR) is 144 cm³/mol. The molecule has 186 valence electrons. The molecule has 0 bridgehead atoms. The van der Waals surface area contributed by atoms with E-state index in [2.05, 4.69) is 67.2 Å². The number of aryl methyl sites for hydroxylation is 1. The summed E-state index contributed by atoms with van der Waals surface area (Å²) in [7, 11) is 1.68. The summed E-state index contributed by atoms with van der Waals surface area (Å²) < 4.78 is 7.19. The number of fused-ring (bicyclic) bond motifs is 1. The van der Waals surface area contributed by atoms with Gasteiger partial charge in [-0.3, -0.25) is 4.79 Å². The van der Waals surface area contributed by atoms with Crippen molar-refractivity contribution in [3.8, 4) is 17.0 Å². The van der Waals surface area contributed by atoms with Gasteiger partial charge in [-0.1, -0.05) is 29.8 Å². The normalized spacial score (nSPS) is 14.4. The highest BCUT2D eigenvalue weighted by molar-refractivity contribution is 6.06. The van der Waals surface area contributed by atoms with Crippen LogP contribution >= 0.6 is 0 Å². The Labute approximate surface area is 212 Å². The monoisotopic (exact) mass is 483 g/mol. The van der Waals surface area contributed by atoms with Gasteiger partial charge in [0.25, 0.3) is 5.91 Å². The van der Waals surface area contributed by atoms with E-state index in [1.165, 1.54) is 5.56 Å². The van der Waals surface area contributed by atoms with Gasteiger partial charge in [-0.05, 0) is 57.5 Å². The van der Waals surface area contributed by atoms with Crippen LogP contribution in [-0.4, -0.2) is 58.9 Å². The van der Waals surface area contributed by atoms with Gasteiger partial charge in [-0.15, -0.1) is 0 Å². The number of benzene rings is 2. The first-order valence-corrected chi connectivity index (χ1v) is 12.6. The summed E-state index contributed by atoms with van der Waals surface area (Å²) >= 11 is 0. The number of anilines is 1. The second-order valence-electron chi connectivity index (χ2n) is 9.67. The molecule has 0 spiro atoms. The van der Waals surface area contributed by atoms with Crippen LogP contribution in [0.3, 0.4) is 0 Å². The second kappa shape index (κ2) is 10.0. The smallest absolute Gasteiger partial charge is 0.254 e. The van der Waals surface area contributed by atoms with Crippen molar-refractivity contribution >= 4 is 22.6 Å². The van der Waals surface area contributed by atoms with Gasteiger partial charge < -0.3 is 14.5 Å². The largest absolute Gasteiger partial charge is 0.497 e. The molecule has 1 aliphatic rings. The molecular weight excluding hydrogens is 450 g/mol. The van der Waals surface area contributed by atoms with Gasteiger partial charge in [0.2, 0.25) is 0 Å². The molecule has 0 aliphatic carbocycles. The topological polar surface area (TPSA) is 63.5 Å². The van der Waals surface area contributed by atoms with Gasteiger partial charge in [0, 0.05) is 43.5 Å². The number of rotatable bonds is 5. The van der Waals surface area contributed by atoms with Crippen molar-refractivity contribution in [3.63, 3.8) is 0 Å². The van der Waals surface area contributed by atoms with E-state index >= 15 is 0 Å². The Morgan fingerprint density at radius 3 is 2.42 bits per heavy atom. The molecule has 1 fully saturated rings. The average molecular weight is 484 g/mol. The minimum Gasteiger partial charge on any atom is -0.497 e. The second-order valence-corrected chi connectivity index (χ2v) is 9.67. The standard InChI is InChI=1S/C29H33N5O2/c1-20(2)34-28-26(19-30-34)25(18-27(31-28)22-8-6-21(3)7-9-22)29(35)33-15-5-14-32(16-17-33)23-10-12-24(36-4)13-11-23/h6-13,18-20H,5,14-17H2,1-4H3. The van der Waals surface area contributed by atoms with E-state index in [4.69, 9.17) is 9.72 Å².